The van der Waals surface area contributed by atoms with Gasteiger partial charge in [0, 0.05) is 10.6 Å². The minimum atomic E-state index is -0.304. The first-order valence-corrected chi connectivity index (χ1v) is 3.70. The van der Waals surface area contributed by atoms with Gasteiger partial charge in [-0.05, 0) is 30.3 Å². The van der Waals surface area contributed by atoms with E-state index in [1.54, 1.807) is 24.3 Å². The molecule has 0 radical (unpaired) electrons. The molecular weight excluding hydrogens is 176 g/mol. The third-order valence-corrected chi connectivity index (χ3v) is 1.60. The van der Waals surface area contributed by atoms with E-state index >= 15 is 0 Å². The molecule has 0 saturated carbocycles. The van der Waals surface area contributed by atoms with Crippen LogP contribution in [0.1, 0.15) is 10.4 Å². The number of halogens is 1. The van der Waals surface area contributed by atoms with E-state index in [0.717, 1.165) is 6.08 Å². The molecule has 12 heavy (non-hydrogen) atoms. The average Bonchev–Trinajstić information content (AvgIpc) is 2.06. The lowest BCUT2D eigenvalue weighted by Crippen LogP contribution is -1.96. The Labute approximate surface area is 75.1 Å². The molecule has 0 aromatic heterocycles. The zero-order valence-corrected chi connectivity index (χ0v) is 6.91. The van der Waals surface area contributed by atoms with Gasteiger partial charge in [0.25, 0.3) is 0 Å². The molecule has 0 unspecified atom stereocenters. The molecule has 0 aliphatic heterocycles. The van der Waals surface area contributed by atoms with Gasteiger partial charge in [-0.3, -0.25) is 4.79 Å². The number of ketones is 1. The molecule has 0 N–H and O–H groups in total. The summed E-state index contributed by atoms with van der Waals surface area (Å²) in [5, 5.41) is 10.5. The van der Waals surface area contributed by atoms with Crippen LogP contribution in [0.5, 0.6) is 0 Å². The van der Waals surface area contributed by atoms with Gasteiger partial charge in [-0.1, -0.05) is 11.6 Å². The maximum atomic E-state index is 11.0. The molecule has 0 aliphatic carbocycles. The van der Waals surface area contributed by atoms with E-state index in [4.69, 9.17) is 11.6 Å². The van der Waals surface area contributed by atoms with Crippen LogP contribution >= 0.6 is 11.6 Å². The third kappa shape index (κ3) is 2.10. The van der Waals surface area contributed by atoms with Gasteiger partial charge in [0.05, 0.1) is 0 Å². The fourth-order valence-electron chi connectivity index (χ4n) is 0.772. The van der Waals surface area contributed by atoms with Crippen LogP contribution < -0.4 is 5.11 Å². The number of allylic oxidation sites excluding steroid dienone is 1. The fourth-order valence-corrected chi connectivity index (χ4v) is 0.898. The lowest BCUT2D eigenvalue weighted by molar-refractivity contribution is -0.274. The molecule has 0 aliphatic rings. The minimum Gasteiger partial charge on any atom is -0.878 e. The van der Waals surface area contributed by atoms with Crippen LogP contribution in [-0.4, -0.2) is 5.78 Å². The van der Waals surface area contributed by atoms with E-state index < -0.39 is 0 Å². The largest absolute Gasteiger partial charge is 0.878 e. The Morgan fingerprint density at radius 3 is 2.42 bits per heavy atom. The predicted octanol–water partition coefficient (Wildman–Crippen LogP) is 1.40. The summed E-state index contributed by atoms with van der Waals surface area (Å²) in [6.45, 7) is 0. The summed E-state index contributed by atoms with van der Waals surface area (Å²) in [7, 11) is 0. The quantitative estimate of drug-likeness (QED) is 0.393. The first-order valence-electron chi connectivity index (χ1n) is 3.32. The SMILES string of the molecule is O=C(/C=C/[O-])c1ccc(Cl)cc1. The lowest BCUT2D eigenvalue weighted by Gasteiger charge is -1.96. The summed E-state index contributed by atoms with van der Waals surface area (Å²) >= 11 is 5.60. The standard InChI is InChI=1S/C9H7ClO2/c10-8-3-1-7(2-4-8)9(12)5-6-11/h1-6,11H/p-1/b6-5+. The number of hydrogen-bond acceptors (Lipinski definition) is 2. The molecule has 1 rings (SSSR count). The smallest absolute Gasteiger partial charge is 0.184 e. The van der Waals surface area contributed by atoms with Crippen LogP contribution in [-0.2, 0) is 0 Å². The number of carbonyl (C=O) groups excluding carboxylic acids is 1. The number of benzene rings is 1. The van der Waals surface area contributed by atoms with Gasteiger partial charge in [0.2, 0.25) is 0 Å². The molecule has 0 fully saturated rings. The highest BCUT2D eigenvalue weighted by Gasteiger charge is 1.98. The highest BCUT2D eigenvalue weighted by Crippen LogP contribution is 2.09. The van der Waals surface area contributed by atoms with Gasteiger partial charge in [0.15, 0.2) is 5.78 Å². The molecule has 3 heteroatoms. The van der Waals surface area contributed by atoms with Crippen molar-refractivity contribution in [2.45, 2.75) is 0 Å². The van der Waals surface area contributed by atoms with Crippen molar-refractivity contribution >= 4 is 17.4 Å². The van der Waals surface area contributed by atoms with E-state index in [0.29, 0.717) is 16.8 Å². The molecule has 1 aromatic carbocycles. The van der Waals surface area contributed by atoms with Crippen molar-refractivity contribution in [2.24, 2.45) is 0 Å². The highest BCUT2D eigenvalue weighted by molar-refractivity contribution is 6.30. The zero-order valence-electron chi connectivity index (χ0n) is 6.16. The summed E-state index contributed by atoms with van der Waals surface area (Å²) in [4.78, 5) is 11.0. The van der Waals surface area contributed by atoms with Gasteiger partial charge in [-0.2, -0.15) is 0 Å². The van der Waals surface area contributed by atoms with E-state index in [1.807, 2.05) is 0 Å². The normalized spacial score (nSPS) is 10.4. The molecule has 1 aromatic rings. The molecule has 0 heterocycles. The fraction of sp³-hybridized carbons (Fsp3) is 0. The molecule has 0 atom stereocenters. The second-order valence-electron chi connectivity index (χ2n) is 2.17. The van der Waals surface area contributed by atoms with E-state index in [1.165, 1.54) is 0 Å². The maximum absolute atomic E-state index is 11.0. The lowest BCUT2D eigenvalue weighted by atomic mass is 10.1. The van der Waals surface area contributed by atoms with Gasteiger partial charge in [0.1, 0.15) is 0 Å². The Bertz CT molecular complexity index is 301. The topological polar surface area (TPSA) is 40.1 Å². The summed E-state index contributed by atoms with van der Waals surface area (Å²) < 4.78 is 0. The molecular formula is C9H6ClO2-. The van der Waals surface area contributed by atoms with E-state index in [-0.39, 0.29) is 5.78 Å². The van der Waals surface area contributed by atoms with Gasteiger partial charge >= 0.3 is 0 Å². The van der Waals surface area contributed by atoms with E-state index in [2.05, 4.69) is 0 Å². The third-order valence-electron chi connectivity index (χ3n) is 1.35. The van der Waals surface area contributed by atoms with Crippen molar-refractivity contribution in [3.63, 3.8) is 0 Å². The summed E-state index contributed by atoms with van der Waals surface area (Å²) in [6, 6.07) is 6.36. The van der Waals surface area contributed by atoms with Crippen LogP contribution in [0.2, 0.25) is 5.02 Å². The highest BCUT2D eigenvalue weighted by atomic mass is 35.5. The molecule has 0 amide bonds. The molecule has 0 spiro atoms. The van der Waals surface area contributed by atoms with Crippen molar-refractivity contribution in [1.82, 2.24) is 0 Å². The van der Waals surface area contributed by atoms with Crippen LogP contribution in [0.25, 0.3) is 0 Å². The second kappa shape index (κ2) is 3.93. The summed E-state index contributed by atoms with van der Waals surface area (Å²) in [5.74, 6) is -0.304. The monoisotopic (exact) mass is 181 g/mol. The van der Waals surface area contributed by atoms with Gasteiger partial charge in [-0.25, -0.2) is 0 Å². The Morgan fingerprint density at radius 1 is 1.33 bits per heavy atom. The Kier molecular flexibility index (Phi) is 2.88. The van der Waals surface area contributed by atoms with Gasteiger partial charge in [-0.15, -0.1) is 6.26 Å². The minimum absolute atomic E-state index is 0.304. The summed E-state index contributed by atoms with van der Waals surface area (Å²) in [6.07, 6.45) is 1.44. The Balaban J connectivity index is 2.90. The van der Waals surface area contributed by atoms with Crippen LogP contribution in [0.3, 0.4) is 0 Å². The summed E-state index contributed by atoms with van der Waals surface area (Å²) in [5.41, 5.74) is 0.464. The van der Waals surface area contributed by atoms with Crippen molar-refractivity contribution in [1.29, 1.82) is 0 Å². The second-order valence-corrected chi connectivity index (χ2v) is 2.61. The van der Waals surface area contributed by atoms with Crippen molar-refractivity contribution in [3.05, 3.63) is 47.2 Å². The first-order chi connectivity index (χ1) is 5.74. The van der Waals surface area contributed by atoms with Crippen molar-refractivity contribution in [2.75, 3.05) is 0 Å². The van der Waals surface area contributed by atoms with Crippen LogP contribution in [0, 0.1) is 0 Å². The van der Waals surface area contributed by atoms with E-state index in [9.17, 15) is 9.90 Å². The van der Waals surface area contributed by atoms with Crippen LogP contribution in [0.15, 0.2) is 36.6 Å². The van der Waals surface area contributed by atoms with Crippen molar-refractivity contribution in [3.8, 4) is 0 Å². The maximum Gasteiger partial charge on any atom is 0.184 e. The Hall–Kier alpha value is -1.28. The molecule has 2 nitrogen and oxygen atoms in total. The first kappa shape index (κ1) is 8.81. The number of hydrogen-bond donors (Lipinski definition) is 0. The Morgan fingerprint density at radius 2 is 1.92 bits per heavy atom. The number of rotatable bonds is 2. The molecule has 0 bridgehead atoms. The van der Waals surface area contributed by atoms with Crippen LogP contribution in [0.4, 0.5) is 0 Å². The number of carbonyl (C=O) groups is 1. The van der Waals surface area contributed by atoms with Gasteiger partial charge < -0.3 is 5.11 Å². The molecule has 62 valence electrons. The average molecular weight is 182 g/mol. The zero-order chi connectivity index (χ0) is 8.97. The molecule has 0 saturated heterocycles. The predicted molar refractivity (Wildman–Crippen MR) is 44.9 cm³/mol. The van der Waals surface area contributed by atoms with Crippen molar-refractivity contribution < 1.29 is 9.90 Å².